The summed E-state index contributed by atoms with van der Waals surface area (Å²) in [6.07, 6.45) is -0.640. The molecule has 0 aliphatic rings. The van der Waals surface area contributed by atoms with E-state index in [4.69, 9.17) is 10.3 Å². The molecule has 1 amide bonds. The Hall–Kier alpha value is -2.84. The molecule has 1 aromatic rings. The van der Waals surface area contributed by atoms with Gasteiger partial charge in [0.1, 0.15) is 12.1 Å². The number of amides is 1. The van der Waals surface area contributed by atoms with Gasteiger partial charge in [-0.25, -0.2) is 10.3 Å². The lowest BCUT2D eigenvalue weighted by molar-refractivity contribution is -0.384. The van der Waals surface area contributed by atoms with E-state index in [-0.39, 0.29) is 18.7 Å². The molecule has 9 heteroatoms. The van der Waals surface area contributed by atoms with Gasteiger partial charge in [0.15, 0.2) is 5.78 Å². The molecule has 0 aliphatic carbocycles. The van der Waals surface area contributed by atoms with Crippen molar-refractivity contribution in [2.75, 3.05) is 6.54 Å². The highest BCUT2D eigenvalue weighted by atomic mass is 16.6. The Bertz CT molecular complexity index is 622. The van der Waals surface area contributed by atoms with Gasteiger partial charge in [0.25, 0.3) is 5.69 Å². The minimum atomic E-state index is -0.935. The first-order chi connectivity index (χ1) is 11.1. The number of nitro benzene ring substituents is 1. The number of benzene rings is 1. The van der Waals surface area contributed by atoms with Crippen LogP contribution in [0.4, 0.5) is 10.5 Å². The van der Waals surface area contributed by atoms with E-state index >= 15 is 0 Å². The first-order valence-electron chi connectivity index (χ1n) is 7.21. The van der Waals surface area contributed by atoms with Crippen LogP contribution in [-0.4, -0.2) is 35.0 Å². The second-order valence-electron chi connectivity index (χ2n) is 6.11. The molecule has 2 N–H and O–H groups in total. The summed E-state index contributed by atoms with van der Waals surface area (Å²) >= 11 is 0. The van der Waals surface area contributed by atoms with Crippen LogP contribution in [0, 0.1) is 15.6 Å². The summed E-state index contributed by atoms with van der Waals surface area (Å²) in [6.45, 7) is 4.71. The lowest BCUT2D eigenvalue weighted by atomic mass is 10.0. The summed E-state index contributed by atoms with van der Waals surface area (Å²) in [5.41, 5.74) is 6.63. The third kappa shape index (κ3) is 6.51. The normalized spacial score (nSPS) is 12.1. The summed E-state index contributed by atoms with van der Waals surface area (Å²) in [4.78, 5) is 34.0. The zero-order valence-electron chi connectivity index (χ0n) is 13.7. The van der Waals surface area contributed by atoms with Gasteiger partial charge in [-0.2, -0.15) is 5.11 Å². The quantitative estimate of drug-likeness (QED) is 0.448. The fourth-order valence-corrected chi connectivity index (χ4v) is 1.87. The van der Waals surface area contributed by atoms with Crippen molar-refractivity contribution in [1.82, 2.24) is 5.32 Å². The van der Waals surface area contributed by atoms with Gasteiger partial charge in [-0.05, 0) is 32.8 Å². The van der Waals surface area contributed by atoms with E-state index in [1.807, 2.05) is 0 Å². The number of carbonyl (C=O) groups excluding carboxylic acids is 2. The fraction of sp³-hybridized carbons (Fsp3) is 0.467. The molecule has 0 fully saturated rings. The number of ether oxygens (including phenoxy) is 1. The van der Waals surface area contributed by atoms with Gasteiger partial charge in [0.05, 0.1) is 11.0 Å². The van der Waals surface area contributed by atoms with Crippen LogP contribution >= 0.6 is 0 Å². The number of hydrogen-bond donors (Lipinski definition) is 2. The molecule has 0 aromatic heterocycles. The van der Waals surface area contributed by atoms with Crippen LogP contribution in [0.25, 0.3) is 0 Å². The number of non-ortho nitro benzene ring substituents is 1. The molecule has 1 atom stereocenters. The van der Waals surface area contributed by atoms with E-state index in [0.717, 1.165) is 0 Å². The summed E-state index contributed by atoms with van der Waals surface area (Å²) in [7, 11) is 0. The average Bonchev–Trinajstić information content (AvgIpc) is 2.45. The molecular formula is C15H20N4O5. The summed E-state index contributed by atoms with van der Waals surface area (Å²) in [6, 6.07) is 4.72. The van der Waals surface area contributed by atoms with Gasteiger partial charge < -0.3 is 10.1 Å². The molecule has 1 rings (SSSR count). The van der Waals surface area contributed by atoms with E-state index < -0.39 is 28.4 Å². The third-order valence-corrected chi connectivity index (χ3v) is 2.90. The van der Waals surface area contributed by atoms with Gasteiger partial charge in [0, 0.05) is 12.1 Å². The Balaban J connectivity index is 2.85. The maximum absolute atomic E-state index is 12.0. The van der Waals surface area contributed by atoms with Crippen LogP contribution in [0.1, 0.15) is 26.3 Å². The first-order valence-corrected chi connectivity index (χ1v) is 7.21. The van der Waals surface area contributed by atoms with Crippen LogP contribution < -0.4 is 5.32 Å². The van der Waals surface area contributed by atoms with E-state index in [9.17, 15) is 19.7 Å². The number of Topliss-reactive ketones (excluding diaryl/α,β-unsaturated/α-hetero) is 1. The Morgan fingerprint density at radius 3 is 2.38 bits per heavy atom. The molecule has 1 aromatic carbocycles. The Morgan fingerprint density at radius 2 is 1.92 bits per heavy atom. The summed E-state index contributed by atoms with van der Waals surface area (Å²) in [5, 5.41) is 16.1. The highest BCUT2D eigenvalue weighted by Gasteiger charge is 2.24. The molecule has 0 saturated heterocycles. The highest BCUT2D eigenvalue weighted by Crippen LogP contribution is 2.14. The van der Waals surface area contributed by atoms with E-state index in [1.54, 1.807) is 20.8 Å². The van der Waals surface area contributed by atoms with Crippen LogP contribution in [0.2, 0.25) is 0 Å². The van der Waals surface area contributed by atoms with Crippen molar-refractivity contribution in [2.45, 2.75) is 38.8 Å². The topological polar surface area (TPSA) is 135 Å². The van der Waals surface area contributed by atoms with Crippen LogP contribution in [0.15, 0.2) is 29.4 Å². The standard InChI is InChI=1S/C15H20N4O5/c1-15(2,3)24-14(21)18-12(13(20)9-17-16)8-10-4-6-11(7-5-10)19(22)23/h4-7,12,16H,8-9H2,1-3H3,(H,18,21)/t12-/m0/s1. The van der Waals surface area contributed by atoms with Crippen molar-refractivity contribution in [3.63, 3.8) is 0 Å². The van der Waals surface area contributed by atoms with Gasteiger partial charge in [0.2, 0.25) is 0 Å². The first kappa shape index (κ1) is 19.2. The van der Waals surface area contributed by atoms with Crippen molar-refractivity contribution in [3.05, 3.63) is 39.9 Å². The molecule has 0 spiro atoms. The molecule has 0 radical (unpaired) electrons. The number of nitro groups is 1. The van der Waals surface area contributed by atoms with Crippen molar-refractivity contribution in [2.24, 2.45) is 5.11 Å². The summed E-state index contributed by atoms with van der Waals surface area (Å²) in [5.74, 6) is -0.450. The van der Waals surface area contributed by atoms with Gasteiger partial charge in [-0.3, -0.25) is 14.9 Å². The molecule has 24 heavy (non-hydrogen) atoms. The SMILES string of the molecule is CC(C)(C)OC(=O)N[C@@H](Cc1ccc([N+](=O)[O-])cc1)C(=O)CN=N. The van der Waals surface area contributed by atoms with Crippen molar-refractivity contribution in [3.8, 4) is 0 Å². The second-order valence-corrected chi connectivity index (χ2v) is 6.11. The molecule has 0 bridgehead atoms. The van der Waals surface area contributed by atoms with Crippen molar-refractivity contribution in [1.29, 1.82) is 5.53 Å². The molecule has 0 heterocycles. The lowest BCUT2D eigenvalue weighted by Gasteiger charge is -2.23. The molecule has 0 aliphatic heterocycles. The van der Waals surface area contributed by atoms with E-state index in [0.29, 0.717) is 5.56 Å². The average molecular weight is 336 g/mol. The maximum Gasteiger partial charge on any atom is 0.408 e. The number of rotatable bonds is 7. The smallest absolute Gasteiger partial charge is 0.408 e. The fourth-order valence-electron chi connectivity index (χ4n) is 1.87. The Morgan fingerprint density at radius 1 is 1.33 bits per heavy atom. The molecule has 130 valence electrons. The molecule has 0 saturated carbocycles. The second kappa shape index (κ2) is 8.14. The third-order valence-electron chi connectivity index (χ3n) is 2.90. The van der Waals surface area contributed by atoms with E-state index in [1.165, 1.54) is 24.3 Å². The number of ketones is 1. The zero-order valence-corrected chi connectivity index (χ0v) is 13.7. The van der Waals surface area contributed by atoms with E-state index in [2.05, 4.69) is 10.4 Å². The van der Waals surface area contributed by atoms with Gasteiger partial charge >= 0.3 is 6.09 Å². The number of hydrogen-bond acceptors (Lipinski definition) is 7. The van der Waals surface area contributed by atoms with Crippen molar-refractivity contribution < 1.29 is 19.2 Å². The number of nitrogens with zero attached hydrogens (tertiary/aromatic N) is 2. The monoisotopic (exact) mass is 336 g/mol. The number of alkyl carbamates (subject to hydrolysis) is 1. The van der Waals surface area contributed by atoms with Crippen LogP contribution in [0.3, 0.4) is 0 Å². The minimum Gasteiger partial charge on any atom is -0.444 e. The predicted molar refractivity (Wildman–Crippen MR) is 85.0 cm³/mol. The number of carbonyl (C=O) groups is 2. The molecule has 9 nitrogen and oxygen atoms in total. The van der Waals surface area contributed by atoms with Gasteiger partial charge in [-0.1, -0.05) is 12.1 Å². The Kier molecular flexibility index (Phi) is 6.51. The largest absolute Gasteiger partial charge is 0.444 e. The lowest BCUT2D eigenvalue weighted by Crippen LogP contribution is -2.45. The molecule has 0 unspecified atom stereocenters. The predicted octanol–water partition coefficient (Wildman–Crippen LogP) is 2.63. The number of nitrogens with one attached hydrogen (secondary N) is 2. The van der Waals surface area contributed by atoms with Crippen LogP contribution in [0.5, 0.6) is 0 Å². The zero-order chi connectivity index (χ0) is 18.3. The minimum absolute atomic E-state index is 0.0668. The summed E-state index contributed by atoms with van der Waals surface area (Å²) < 4.78 is 5.12. The molecular weight excluding hydrogens is 316 g/mol. The van der Waals surface area contributed by atoms with Crippen molar-refractivity contribution >= 4 is 17.6 Å². The maximum atomic E-state index is 12.0. The van der Waals surface area contributed by atoms with Gasteiger partial charge in [-0.15, -0.1) is 0 Å². The highest BCUT2D eigenvalue weighted by molar-refractivity contribution is 5.89. The van der Waals surface area contributed by atoms with Crippen LogP contribution in [-0.2, 0) is 16.0 Å². The Labute approximate surface area is 139 Å².